The van der Waals surface area contributed by atoms with Crippen molar-refractivity contribution in [1.82, 2.24) is 30.3 Å². The number of piperidine rings is 1. The van der Waals surface area contributed by atoms with Gasteiger partial charge in [0.2, 0.25) is 0 Å². The van der Waals surface area contributed by atoms with Crippen LogP contribution >= 0.6 is 24.0 Å². The summed E-state index contributed by atoms with van der Waals surface area (Å²) in [5.74, 6) is 1.28. The van der Waals surface area contributed by atoms with Crippen LogP contribution in [0.15, 0.2) is 35.6 Å². The normalized spacial score (nSPS) is 14.5. The van der Waals surface area contributed by atoms with Gasteiger partial charge in [0.15, 0.2) is 5.96 Å². The van der Waals surface area contributed by atoms with Gasteiger partial charge in [-0.3, -0.25) is 0 Å². The standard InChI is InChI=1S/C22H32FN7O2.HI/c1-3-20-28-26-16-30(20)14-11-24-21(25-15-17-7-5-6-8-19(17)23)27-18-9-12-29(13-10-18)22(31)32-4-2;/h5-8,16,18H,3-4,9-15H2,1-2H3,(H2,24,25,27);1H. The van der Waals surface area contributed by atoms with Crippen LogP contribution < -0.4 is 10.6 Å². The van der Waals surface area contributed by atoms with Crippen molar-refractivity contribution in [2.75, 3.05) is 26.2 Å². The first-order valence-corrected chi connectivity index (χ1v) is 11.2. The lowest BCUT2D eigenvalue weighted by Crippen LogP contribution is -2.50. The van der Waals surface area contributed by atoms with Gasteiger partial charge in [-0.15, -0.1) is 34.2 Å². The predicted octanol–water partition coefficient (Wildman–Crippen LogP) is 2.95. The van der Waals surface area contributed by atoms with E-state index in [0.717, 1.165) is 25.1 Å². The van der Waals surface area contributed by atoms with Crippen molar-refractivity contribution in [2.45, 2.75) is 52.2 Å². The number of benzene rings is 1. The van der Waals surface area contributed by atoms with E-state index in [9.17, 15) is 9.18 Å². The number of likely N-dealkylation sites (tertiary alicyclic amines) is 1. The maximum absolute atomic E-state index is 14.0. The molecule has 33 heavy (non-hydrogen) atoms. The number of nitrogens with zero attached hydrogens (tertiary/aromatic N) is 5. The second-order valence-corrected chi connectivity index (χ2v) is 7.58. The summed E-state index contributed by atoms with van der Waals surface area (Å²) in [4.78, 5) is 18.3. The van der Waals surface area contributed by atoms with Gasteiger partial charge in [-0.2, -0.15) is 0 Å². The Bertz CT molecular complexity index is 900. The highest BCUT2D eigenvalue weighted by molar-refractivity contribution is 14.0. The molecular formula is C22H33FIN7O2. The maximum Gasteiger partial charge on any atom is 0.409 e. The fraction of sp³-hybridized carbons (Fsp3) is 0.545. The molecule has 0 atom stereocenters. The molecule has 1 fully saturated rings. The number of nitrogens with one attached hydrogen (secondary N) is 2. The SMILES string of the molecule is CCOC(=O)N1CCC(NC(=NCc2ccccc2F)NCCn2cnnc2CC)CC1.I. The lowest BCUT2D eigenvalue weighted by Gasteiger charge is -2.32. The summed E-state index contributed by atoms with van der Waals surface area (Å²) < 4.78 is 21.1. The van der Waals surface area contributed by atoms with Crippen LogP contribution in [0.25, 0.3) is 0 Å². The molecule has 0 bridgehead atoms. The van der Waals surface area contributed by atoms with Crippen LogP contribution in [0.5, 0.6) is 0 Å². The molecule has 3 rings (SSSR count). The van der Waals surface area contributed by atoms with E-state index in [1.807, 2.05) is 11.5 Å². The summed E-state index contributed by atoms with van der Waals surface area (Å²) in [5.41, 5.74) is 0.540. The molecule has 0 spiro atoms. The molecule has 2 aromatic rings. The lowest BCUT2D eigenvalue weighted by molar-refractivity contribution is 0.0963. The van der Waals surface area contributed by atoms with Crippen LogP contribution in [0.2, 0.25) is 0 Å². The largest absolute Gasteiger partial charge is 0.450 e. The number of aromatic nitrogens is 3. The summed E-state index contributed by atoms with van der Waals surface area (Å²) in [5, 5.41) is 14.8. The minimum absolute atomic E-state index is 0. The van der Waals surface area contributed by atoms with Gasteiger partial charge in [0.25, 0.3) is 0 Å². The molecule has 0 saturated carbocycles. The molecular weight excluding hydrogens is 540 g/mol. The molecule has 0 radical (unpaired) electrons. The summed E-state index contributed by atoms with van der Waals surface area (Å²) in [7, 11) is 0. The van der Waals surface area contributed by atoms with Crippen LogP contribution in [-0.4, -0.2) is 64.0 Å². The van der Waals surface area contributed by atoms with Crippen molar-refractivity contribution in [2.24, 2.45) is 4.99 Å². The smallest absolute Gasteiger partial charge is 0.409 e. The number of rotatable bonds is 8. The van der Waals surface area contributed by atoms with Crippen molar-refractivity contribution in [3.05, 3.63) is 47.8 Å². The summed E-state index contributed by atoms with van der Waals surface area (Å²) in [6.07, 6.45) is 3.83. The average molecular weight is 573 g/mol. The number of hydrogen-bond donors (Lipinski definition) is 2. The number of guanidine groups is 1. The van der Waals surface area contributed by atoms with Crippen molar-refractivity contribution >= 4 is 36.0 Å². The third kappa shape index (κ3) is 8.13. The Hall–Kier alpha value is -2.44. The van der Waals surface area contributed by atoms with E-state index < -0.39 is 0 Å². The summed E-state index contributed by atoms with van der Waals surface area (Å²) >= 11 is 0. The van der Waals surface area contributed by atoms with E-state index in [4.69, 9.17) is 4.74 Å². The topological polar surface area (TPSA) is 96.7 Å². The van der Waals surface area contributed by atoms with Gasteiger partial charge in [0, 0.05) is 44.2 Å². The van der Waals surface area contributed by atoms with Gasteiger partial charge >= 0.3 is 6.09 Å². The Labute approximate surface area is 211 Å². The Morgan fingerprint density at radius 1 is 1.27 bits per heavy atom. The van der Waals surface area contributed by atoms with Crippen LogP contribution in [0.3, 0.4) is 0 Å². The van der Waals surface area contributed by atoms with Gasteiger partial charge in [0.05, 0.1) is 13.2 Å². The Morgan fingerprint density at radius 3 is 2.73 bits per heavy atom. The molecule has 2 heterocycles. The summed E-state index contributed by atoms with van der Waals surface area (Å²) in [6.45, 7) is 7.01. The first-order chi connectivity index (χ1) is 15.6. The van der Waals surface area contributed by atoms with Crippen LogP contribution in [0, 0.1) is 5.82 Å². The molecule has 1 aromatic heterocycles. The Balaban J connectivity index is 0.00000385. The predicted molar refractivity (Wildman–Crippen MR) is 135 cm³/mol. The van der Waals surface area contributed by atoms with Crippen molar-refractivity contribution in [1.29, 1.82) is 0 Å². The summed E-state index contributed by atoms with van der Waals surface area (Å²) in [6, 6.07) is 6.81. The number of halogens is 2. The maximum atomic E-state index is 14.0. The van der Waals surface area contributed by atoms with Crippen LogP contribution in [0.4, 0.5) is 9.18 Å². The fourth-order valence-electron chi connectivity index (χ4n) is 3.59. The van der Waals surface area contributed by atoms with E-state index in [1.54, 1.807) is 36.4 Å². The first kappa shape index (κ1) is 26.8. The minimum Gasteiger partial charge on any atom is -0.450 e. The number of aryl methyl sites for hydroxylation is 1. The van der Waals surface area contributed by atoms with Crippen molar-refractivity contribution in [3.8, 4) is 0 Å². The highest BCUT2D eigenvalue weighted by Gasteiger charge is 2.24. The van der Waals surface area contributed by atoms with Gasteiger partial charge in [-0.1, -0.05) is 25.1 Å². The van der Waals surface area contributed by atoms with E-state index in [0.29, 0.717) is 44.3 Å². The minimum atomic E-state index is -0.268. The van der Waals surface area contributed by atoms with Crippen LogP contribution in [-0.2, 0) is 24.2 Å². The molecule has 9 nitrogen and oxygen atoms in total. The molecule has 1 aliphatic rings. The van der Waals surface area contributed by atoms with E-state index in [-0.39, 0.29) is 48.5 Å². The molecule has 0 aliphatic carbocycles. The van der Waals surface area contributed by atoms with E-state index in [1.165, 1.54) is 6.07 Å². The zero-order valence-corrected chi connectivity index (χ0v) is 21.5. The van der Waals surface area contributed by atoms with Gasteiger partial charge in [-0.05, 0) is 25.8 Å². The highest BCUT2D eigenvalue weighted by Crippen LogP contribution is 2.12. The molecule has 1 aromatic carbocycles. The quantitative estimate of drug-likeness (QED) is 0.287. The zero-order chi connectivity index (χ0) is 22.8. The van der Waals surface area contributed by atoms with Crippen molar-refractivity contribution < 1.29 is 13.9 Å². The van der Waals surface area contributed by atoms with Crippen molar-refractivity contribution in [3.63, 3.8) is 0 Å². The number of carbonyl (C=O) groups is 1. The lowest BCUT2D eigenvalue weighted by atomic mass is 10.1. The van der Waals surface area contributed by atoms with E-state index >= 15 is 0 Å². The number of hydrogen-bond acceptors (Lipinski definition) is 5. The van der Waals surface area contributed by atoms with Gasteiger partial charge in [-0.25, -0.2) is 14.2 Å². The second-order valence-electron chi connectivity index (χ2n) is 7.58. The Kier molecular flexibility index (Phi) is 11.3. The molecule has 2 N–H and O–H groups in total. The third-order valence-electron chi connectivity index (χ3n) is 5.38. The van der Waals surface area contributed by atoms with Crippen LogP contribution in [0.1, 0.15) is 38.1 Å². The number of carbonyl (C=O) groups excluding carboxylic acids is 1. The molecule has 1 aliphatic heterocycles. The monoisotopic (exact) mass is 573 g/mol. The number of aliphatic imine (C=N–C) groups is 1. The average Bonchev–Trinajstić information content (AvgIpc) is 3.26. The highest BCUT2D eigenvalue weighted by atomic mass is 127. The van der Waals surface area contributed by atoms with E-state index in [2.05, 4.69) is 25.8 Å². The number of amides is 1. The first-order valence-electron chi connectivity index (χ1n) is 11.2. The molecule has 0 unspecified atom stereocenters. The molecule has 1 amide bonds. The molecule has 1 saturated heterocycles. The molecule has 182 valence electrons. The fourth-order valence-corrected chi connectivity index (χ4v) is 3.59. The number of ether oxygens (including phenoxy) is 1. The third-order valence-corrected chi connectivity index (χ3v) is 5.38. The van der Waals surface area contributed by atoms with Gasteiger partial charge < -0.3 is 24.8 Å². The van der Waals surface area contributed by atoms with Gasteiger partial charge in [0.1, 0.15) is 18.0 Å². The Morgan fingerprint density at radius 2 is 2.03 bits per heavy atom. The zero-order valence-electron chi connectivity index (χ0n) is 19.2. The molecule has 11 heteroatoms. The second kappa shape index (κ2) is 14.0.